The fraction of sp³-hybridized carbons (Fsp3) is 0.769. The first-order valence-corrected chi connectivity index (χ1v) is 6.86. The largest absolute Gasteiger partial charge is 0.396 e. The minimum Gasteiger partial charge on any atom is -0.396 e. The number of hydrogen-bond acceptors (Lipinski definition) is 4. The Balaban J connectivity index is 2.17. The van der Waals surface area contributed by atoms with Gasteiger partial charge in [-0.25, -0.2) is 4.68 Å². The first-order valence-electron chi connectivity index (χ1n) is 6.86. The highest BCUT2D eigenvalue weighted by molar-refractivity contribution is 5.66. The molecule has 5 heteroatoms. The average molecular weight is 252 g/mol. The lowest BCUT2D eigenvalue weighted by molar-refractivity contribution is 0.263. The number of aliphatic hydroxyl groups is 1. The molecule has 0 amide bonds. The van der Waals surface area contributed by atoms with E-state index in [9.17, 15) is 0 Å². The molecule has 1 aliphatic rings. The molecule has 1 fully saturated rings. The van der Waals surface area contributed by atoms with Crippen molar-refractivity contribution in [3.05, 3.63) is 5.69 Å². The summed E-state index contributed by atoms with van der Waals surface area (Å²) in [6, 6.07) is 0. The molecule has 102 valence electrons. The van der Waals surface area contributed by atoms with Gasteiger partial charge in [-0.2, -0.15) is 5.10 Å². The van der Waals surface area contributed by atoms with E-state index in [2.05, 4.69) is 16.9 Å². The quantitative estimate of drug-likeness (QED) is 0.831. The molecule has 5 nitrogen and oxygen atoms in total. The highest BCUT2D eigenvalue weighted by Gasteiger charge is 2.27. The van der Waals surface area contributed by atoms with Gasteiger partial charge in [-0.05, 0) is 32.1 Å². The maximum Gasteiger partial charge on any atom is 0.150 e. The van der Waals surface area contributed by atoms with Crippen LogP contribution in [0.15, 0.2) is 0 Å². The van der Waals surface area contributed by atoms with Gasteiger partial charge < -0.3 is 15.7 Å². The molecule has 0 aromatic carbocycles. The normalized spacial score (nSPS) is 19.7. The van der Waals surface area contributed by atoms with E-state index in [-0.39, 0.29) is 6.61 Å². The molecule has 0 spiro atoms. The lowest BCUT2D eigenvalue weighted by Crippen LogP contribution is -2.24. The van der Waals surface area contributed by atoms with Crippen LogP contribution in [0.4, 0.5) is 11.5 Å². The molecule has 0 radical (unpaired) electrons. The molecule has 1 aromatic heterocycles. The van der Waals surface area contributed by atoms with Crippen LogP contribution >= 0.6 is 0 Å². The van der Waals surface area contributed by atoms with E-state index in [0.29, 0.717) is 5.92 Å². The zero-order chi connectivity index (χ0) is 13.1. The number of aromatic nitrogens is 2. The summed E-state index contributed by atoms with van der Waals surface area (Å²) in [5.74, 6) is 1.66. The van der Waals surface area contributed by atoms with Gasteiger partial charge in [-0.15, -0.1) is 0 Å². The highest BCUT2D eigenvalue weighted by atomic mass is 16.3. The Kier molecular flexibility index (Phi) is 4.11. The van der Waals surface area contributed by atoms with E-state index < -0.39 is 0 Å². The van der Waals surface area contributed by atoms with Gasteiger partial charge in [-0.1, -0.05) is 6.92 Å². The fourth-order valence-corrected chi connectivity index (χ4v) is 2.73. The van der Waals surface area contributed by atoms with Crippen molar-refractivity contribution in [3.8, 4) is 0 Å². The Morgan fingerprint density at radius 1 is 1.50 bits per heavy atom. The maximum atomic E-state index is 9.02. The molecule has 0 saturated carbocycles. The van der Waals surface area contributed by atoms with Crippen LogP contribution in [0.25, 0.3) is 0 Å². The van der Waals surface area contributed by atoms with Gasteiger partial charge in [0, 0.05) is 26.2 Å². The smallest absolute Gasteiger partial charge is 0.150 e. The predicted octanol–water partition coefficient (Wildman–Crippen LogP) is 1.39. The number of nitrogens with two attached hydrogens (primary N) is 1. The third kappa shape index (κ3) is 2.46. The summed E-state index contributed by atoms with van der Waals surface area (Å²) in [4.78, 5) is 2.32. The molecule has 18 heavy (non-hydrogen) atoms. The van der Waals surface area contributed by atoms with Crippen LogP contribution in [0.5, 0.6) is 0 Å². The van der Waals surface area contributed by atoms with E-state index in [1.165, 1.54) is 0 Å². The Bertz CT molecular complexity index is 402. The van der Waals surface area contributed by atoms with Crippen LogP contribution in [0.1, 0.15) is 31.9 Å². The van der Waals surface area contributed by atoms with Crippen molar-refractivity contribution >= 4 is 11.5 Å². The van der Waals surface area contributed by atoms with E-state index >= 15 is 0 Å². The number of nitrogen functional groups attached to an aromatic ring is 1. The van der Waals surface area contributed by atoms with E-state index in [0.717, 1.165) is 56.1 Å². The number of aryl methyl sites for hydroxylation is 2. The third-order valence-electron chi connectivity index (χ3n) is 3.70. The molecule has 2 heterocycles. The van der Waals surface area contributed by atoms with Gasteiger partial charge in [0.2, 0.25) is 0 Å². The zero-order valence-corrected chi connectivity index (χ0v) is 11.4. The second-order valence-electron chi connectivity index (χ2n) is 5.16. The van der Waals surface area contributed by atoms with Crippen molar-refractivity contribution in [1.82, 2.24) is 9.78 Å². The summed E-state index contributed by atoms with van der Waals surface area (Å²) in [6.07, 6.45) is 3.08. The summed E-state index contributed by atoms with van der Waals surface area (Å²) in [5.41, 5.74) is 7.89. The number of nitrogens with zero attached hydrogens (tertiary/aromatic N) is 3. The Labute approximate surface area is 109 Å². The molecule has 1 aliphatic heterocycles. The summed E-state index contributed by atoms with van der Waals surface area (Å²) in [7, 11) is 0. The Morgan fingerprint density at radius 2 is 2.28 bits per heavy atom. The van der Waals surface area contributed by atoms with Crippen molar-refractivity contribution in [2.45, 2.75) is 39.7 Å². The number of rotatable bonds is 5. The average Bonchev–Trinajstić information content (AvgIpc) is 2.87. The summed E-state index contributed by atoms with van der Waals surface area (Å²) < 4.78 is 2.03. The first-order chi connectivity index (χ1) is 8.67. The minimum atomic E-state index is 0.279. The number of anilines is 2. The predicted molar refractivity (Wildman–Crippen MR) is 73.7 cm³/mol. The molecule has 0 bridgehead atoms. The van der Waals surface area contributed by atoms with Crippen molar-refractivity contribution in [3.63, 3.8) is 0 Å². The Hall–Kier alpha value is -1.23. The molecule has 1 unspecified atom stereocenters. The molecular formula is C13H24N4O. The van der Waals surface area contributed by atoms with Crippen molar-refractivity contribution < 1.29 is 5.11 Å². The molecular weight excluding hydrogens is 228 g/mol. The van der Waals surface area contributed by atoms with Crippen LogP contribution in [-0.4, -0.2) is 34.6 Å². The van der Waals surface area contributed by atoms with Gasteiger partial charge in [0.1, 0.15) is 0 Å². The monoisotopic (exact) mass is 252 g/mol. The highest BCUT2D eigenvalue weighted by Crippen LogP contribution is 2.32. The molecule has 1 saturated heterocycles. The van der Waals surface area contributed by atoms with Crippen molar-refractivity contribution in [2.24, 2.45) is 5.92 Å². The summed E-state index contributed by atoms with van der Waals surface area (Å²) in [6.45, 7) is 7.31. The zero-order valence-electron chi connectivity index (χ0n) is 11.4. The van der Waals surface area contributed by atoms with Crippen LogP contribution in [0.2, 0.25) is 0 Å². The van der Waals surface area contributed by atoms with E-state index in [1.807, 2.05) is 11.6 Å². The maximum absolute atomic E-state index is 9.02. The number of hydrogen-bond donors (Lipinski definition) is 2. The van der Waals surface area contributed by atoms with Crippen molar-refractivity contribution in [1.29, 1.82) is 0 Å². The number of aliphatic hydroxyl groups excluding tert-OH is 1. The van der Waals surface area contributed by atoms with Gasteiger partial charge in [0.25, 0.3) is 0 Å². The van der Waals surface area contributed by atoms with E-state index in [1.54, 1.807) is 0 Å². The molecule has 0 aliphatic carbocycles. The Morgan fingerprint density at radius 3 is 2.94 bits per heavy atom. The standard InChI is InChI=1S/C13H24N4O/c1-3-6-17-13(12(14)10(2)15-17)16-7-4-11(9-16)5-8-18/h11,18H,3-9,14H2,1-2H3. The molecule has 1 atom stereocenters. The summed E-state index contributed by atoms with van der Waals surface area (Å²) in [5, 5.41) is 13.5. The SMILES string of the molecule is CCCn1nc(C)c(N)c1N1CCC(CCO)C1. The lowest BCUT2D eigenvalue weighted by atomic mass is 10.1. The summed E-state index contributed by atoms with van der Waals surface area (Å²) >= 11 is 0. The van der Waals surface area contributed by atoms with Crippen LogP contribution in [0.3, 0.4) is 0 Å². The van der Waals surface area contributed by atoms with Gasteiger partial charge in [-0.3, -0.25) is 0 Å². The molecule has 2 rings (SSSR count). The third-order valence-corrected chi connectivity index (χ3v) is 3.70. The van der Waals surface area contributed by atoms with Crippen LogP contribution in [0, 0.1) is 12.8 Å². The fourth-order valence-electron chi connectivity index (χ4n) is 2.73. The minimum absolute atomic E-state index is 0.279. The van der Waals surface area contributed by atoms with Crippen LogP contribution < -0.4 is 10.6 Å². The van der Waals surface area contributed by atoms with Crippen LogP contribution in [-0.2, 0) is 6.54 Å². The lowest BCUT2D eigenvalue weighted by Gasteiger charge is -2.20. The molecule has 3 N–H and O–H groups in total. The first kappa shape index (κ1) is 13.2. The second kappa shape index (κ2) is 5.61. The van der Waals surface area contributed by atoms with Gasteiger partial charge in [0.05, 0.1) is 11.4 Å². The van der Waals surface area contributed by atoms with Gasteiger partial charge >= 0.3 is 0 Å². The second-order valence-corrected chi connectivity index (χ2v) is 5.16. The van der Waals surface area contributed by atoms with Gasteiger partial charge in [0.15, 0.2) is 5.82 Å². The topological polar surface area (TPSA) is 67.3 Å². The van der Waals surface area contributed by atoms with Crippen molar-refractivity contribution in [2.75, 3.05) is 30.3 Å². The molecule has 1 aromatic rings. The van der Waals surface area contributed by atoms with E-state index in [4.69, 9.17) is 10.8 Å².